The van der Waals surface area contributed by atoms with Crippen molar-refractivity contribution >= 4 is 29.1 Å². The van der Waals surface area contributed by atoms with Gasteiger partial charge in [-0.3, -0.25) is 9.59 Å². The highest BCUT2D eigenvalue weighted by atomic mass is 35.5. The fourth-order valence-electron chi connectivity index (χ4n) is 3.11. The van der Waals surface area contributed by atoms with Crippen LogP contribution in [0.1, 0.15) is 17.2 Å². The van der Waals surface area contributed by atoms with Crippen molar-refractivity contribution in [3.63, 3.8) is 0 Å². The van der Waals surface area contributed by atoms with E-state index >= 15 is 0 Å². The van der Waals surface area contributed by atoms with Crippen molar-refractivity contribution in [2.24, 2.45) is 0 Å². The molecule has 1 aliphatic rings. The number of ether oxygens (including phenoxy) is 1. The van der Waals surface area contributed by atoms with Crippen LogP contribution in [0.25, 0.3) is 5.76 Å². The van der Waals surface area contributed by atoms with Gasteiger partial charge in [-0.2, -0.15) is 0 Å². The van der Waals surface area contributed by atoms with Crippen LogP contribution < -0.4 is 4.74 Å². The van der Waals surface area contributed by atoms with E-state index in [1.165, 1.54) is 12.0 Å². The highest BCUT2D eigenvalue weighted by Gasteiger charge is 2.45. The van der Waals surface area contributed by atoms with E-state index in [9.17, 15) is 19.8 Å². The number of ketones is 1. The molecule has 140 valence electrons. The van der Waals surface area contributed by atoms with E-state index in [4.69, 9.17) is 16.3 Å². The quantitative estimate of drug-likeness (QED) is 0.468. The van der Waals surface area contributed by atoms with Crippen LogP contribution in [0.15, 0.2) is 54.1 Å². The van der Waals surface area contributed by atoms with E-state index in [1.807, 2.05) is 0 Å². The number of carbonyl (C=O) groups excluding carboxylic acids is 2. The van der Waals surface area contributed by atoms with Crippen LogP contribution >= 0.6 is 11.6 Å². The largest absolute Gasteiger partial charge is 0.507 e. The molecule has 1 amide bonds. The molecule has 1 fully saturated rings. The number of amides is 1. The van der Waals surface area contributed by atoms with Gasteiger partial charge in [0, 0.05) is 17.1 Å². The summed E-state index contributed by atoms with van der Waals surface area (Å²) in [6.45, 7) is -0.336. The molecule has 2 N–H and O–H groups in total. The van der Waals surface area contributed by atoms with Crippen LogP contribution in [0.5, 0.6) is 5.75 Å². The van der Waals surface area contributed by atoms with Gasteiger partial charge in [-0.25, -0.2) is 0 Å². The minimum absolute atomic E-state index is 0.0269. The van der Waals surface area contributed by atoms with E-state index in [-0.39, 0.29) is 24.5 Å². The van der Waals surface area contributed by atoms with Gasteiger partial charge in [0.1, 0.15) is 11.5 Å². The number of rotatable bonds is 5. The summed E-state index contributed by atoms with van der Waals surface area (Å²) in [6.07, 6.45) is 0. The third-order valence-corrected chi connectivity index (χ3v) is 4.68. The lowest BCUT2D eigenvalue weighted by atomic mass is 9.95. The summed E-state index contributed by atoms with van der Waals surface area (Å²) in [5.41, 5.74) is 0.972. The molecule has 0 bridgehead atoms. The van der Waals surface area contributed by atoms with Crippen molar-refractivity contribution < 1.29 is 24.5 Å². The molecule has 27 heavy (non-hydrogen) atoms. The van der Waals surface area contributed by atoms with Gasteiger partial charge in [0.05, 0.1) is 25.3 Å². The van der Waals surface area contributed by atoms with Gasteiger partial charge in [0.25, 0.3) is 11.7 Å². The van der Waals surface area contributed by atoms with Gasteiger partial charge in [-0.1, -0.05) is 23.7 Å². The lowest BCUT2D eigenvalue weighted by Gasteiger charge is -2.24. The molecule has 1 heterocycles. The Labute approximate surface area is 161 Å². The number of aliphatic hydroxyl groups is 2. The monoisotopic (exact) mass is 387 g/mol. The number of β-amino-alcohol motifs (C(OH)–C–C–N with tert-alkyl or cyclic N) is 1. The number of methoxy groups -OCH3 is 1. The Morgan fingerprint density at radius 3 is 2.30 bits per heavy atom. The summed E-state index contributed by atoms with van der Waals surface area (Å²) in [6, 6.07) is 12.4. The fourth-order valence-corrected chi connectivity index (χ4v) is 3.24. The summed E-state index contributed by atoms with van der Waals surface area (Å²) in [5.74, 6) is -1.24. The molecule has 0 aromatic heterocycles. The van der Waals surface area contributed by atoms with Crippen molar-refractivity contribution in [1.29, 1.82) is 0 Å². The van der Waals surface area contributed by atoms with Gasteiger partial charge in [0.15, 0.2) is 0 Å². The Morgan fingerprint density at radius 2 is 1.74 bits per heavy atom. The molecule has 2 aromatic carbocycles. The predicted octanol–water partition coefficient (Wildman–Crippen LogP) is 2.76. The van der Waals surface area contributed by atoms with E-state index < -0.39 is 17.7 Å². The molecular formula is C20H18ClNO5. The molecule has 1 saturated heterocycles. The molecule has 1 atom stereocenters. The normalized spacial score (nSPS) is 18.8. The van der Waals surface area contributed by atoms with Crippen LogP contribution in [-0.4, -0.2) is 47.1 Å². The minimum Gasteiger partial charge on any atom is -0.507 e. The maximum absolute atomic E-state index is 12.6. The molecule has 3 rings (SSSR count). The van der Waals surface area contributed by atoms with Crippen molar-refractivity contribution in [2.75, 3.05) is 20.3 Å². The standard InChI is InChI=1S/C20H18ClNO5/c1-27-15-8-4-13(5-9-15)18(24)16-17(12-2-6-14(21)7-3-12)22(10-11-23)20(26)19(16)25/h2-9,17,23-24H,10-11H2,1H3/b18-16+/t17-/m0/s1. The SMILES string of the molecule is COc1ccc(/C(O)=C2\C(=O)C(=O)N(CCO)[C@H]2c2ccc(Cl)cc2)cc1. The van der Waals surface area contributed by atoms with Crippen LogP contribution in [0, 0.1) is 0 Å². The maximum Gasteiger partial charge on any atom is 0.295 e. The number of hydrogen-bond donors (Lipinski definition) is 2. The Kier molecular flexibility index (Phi) is 5.48. The number of Topliss-reactive ketones (excluding diaryl/α,β-unsaturated/α-hetero) is 1. The highest BCUT2D eigenvalue weighted by molar-refractivity contribution is 6.46. The van der Waals surface area contributed by atoms with E-state index in [2.05, 4.69) is 0 Å². The predicted molar refractivity (Wildman–Crippen MR) is 101 cm³/mol. The third kappa shape index (κ3) is 3.54. The highest BCUT2D eigenvalue weighted by Crippen LogP contribution is 2.39. The molecule has 0 spiro atoms. The first-order valence-corrected chi connectivity index (χ1v) is 8.65. The van der Waals surface area contributed by atoms with Crippen LogP contribution in [0.3, 0.4) is 0 Å². The molecule has 0 saturated carbocycles. The molecule has 6 nitrogen and oxygen atoms in total. The Balaban J connectivity index is 2.14. The summed E-state index contributed by atoms with van der Waals surface area (Å²) in [5, 5.41) is 20.6. The van der Waals surface area contributed by atoms with E-state index in [0.717, 1.165) is 0 Å². The first kappa shape index (κ1) is 18.9. The second-order valence-electron chi connectivity index (χ2n) is 6.00. The van der Waals surface area contributed by atoms with Crippen molar-refractivity contribution in [3.8, 4) is 5.75 Å². The number of hydrogen-bond acceptors (Lipinski definition) is 5. The van der Waals surface area contributed by atoms with Gasteiger partial charge < -0.3 is 19.8 Å². The minimum atomic E-state index is -0.809. The number of likely N-dealkylation sites (tertiary alicyclic amines) is 1. The van der Waals surface area contributed by atoms with E-state index in [1.54, 1.807) is 48.5 Å². The fraction of sp³-hybridized carbons (Fsp3) is 0.200. The zero-order valence-corrected chi connectivity index (χ0v) is 15.3. The molecule has 7 heteroatoms. The average Bonchev–Trinajstić information content (AvgIpc) is 2.93. The van der Waals surface area contributed by atoms with Gasteiger partial charge in [-0.05, 0) is 42.0 Å². The zero-order valence-electron chi connectivity index (χ0n) is 14.6. The summed E-state index contributed by atoms with van der Waals surface area (Å²) in [4.78, 5) is 26.4. The van der Waals surface area contributed by atoms with Crippen molar-refractivity contribution in [2.45, 2.75) is 6.04 Å². The third-order valence-electron chi connectivity index (χ3n) is 4.43. The average molecular weight is 388 g/mol. The summed E-state index contributed by atoms with van der Waals surface area (Å²) >= 11 is 5.94. The number of halogens is 1. The summed E-state index contributed by atoms with van der Waals surface area (Å²) < 4.78 is 5.10. The second kappa shape index (κ2) is 7.82. The number of benzene rings is 2. The molecular weight excluding hydrogens is 370 g/mol. The molecule has 2 aromatic rings. The van der Waals surface area contributed by atoms with Crippen LogP contribution in [0.2, 0.25) is 5.02 Å². The first-order valence-electron chi connectivity index (χ1n) is 8.27. The molecule has 0 unspecified atom stereocenters. The number of carbonyl (C=O) groups is 2. The zero-order chi connectivity index (χ0) is 19.6. The molecule has 0 radical (unpaired) electrons. The molecule has 0 aliphatic carbocycles. The Morgan fingerprint density at radius 1 is 1.11 bits per heavy atom. The first-order chi connectivity index (χ1) is 13.0. The van der Waals surface area contributed by atoms with Gasteiger partial charge >= 0.3 is 0 Å². The van der Waals surface area contributed by atoms with Crippen molar-refractivity contribution in [1.82, 2.24) is 4.90 Å². The van der Waals surface area contributed by atoms with Crippen LogP contribution in [0.4, 0.5) is 0 Å². The lowest BCUT2D eigenvalue weighted by Crippen LogP contribution is -2.32. The Hall–Kier alpha value is -2.83. The second-order valence-corrected chi connectivity index (χ2v) is 6.43. The number of aliphatic hydroxyl groups excluding tert-OH is 2. The molecule has 1 aliphatic heterocycles. The smallest absolute Gasteiger partial charge is 0.295 e. The van der Waals surface area contributed by atoms with Gasteiger partial charge in [-0.15, -0.1) is 0 Å². The van der Waals surface area contributed by atoms with Gasteiger partial charge in [0.2, 0.25) is 0 Å². The van der Waals surface area contributed by atoms with Crippen molar-refractivity contribution in [3.05, 3.63) is 70.3 Å². The topological polar surface area (TPSA) is 87.1 Å². The Bertz CT molecular complexity index is 890. The summed E-state index contributed by atoms with van der Waals surface area (Å²) in [7, 11) is 1.52. The lowest BCUT2D eigenvalue weighted by molar-refractivity contribution is -0.140. The van der Waals surface area contributed by atoms with E-state index in [0.29, 0.717) is 21.9 Å². The maximum atomic E-state index is 12.6. The van der Waals surface area contributed by atoms with Crippen LogP contribution in [-0.2, 0) is 9.59 Å². The number of nitrogens with zero attached hydrogens (tertiary/aromatic N) is 1.